The molecule has 2 heterocycles. The molecule has 0 aromatic carbocycles. The van der Waals surface area contributed by atoms with Gasteiger partial charge in [-0.05, 0) is 58.1 Å². The number of aryl methyl sites for hydroxylation is 2. The number of nitrogens with zero attached hydrogens (tertiary/aromatic N) is 3. The zero-order valence-corrected chi connectivity index (χ0v) is 14.0. The summed E-state index contributed by atoms with van der Waals surface area (Å²) in [5.74, 6) is 0.878. The van der Waals surface area contributed by atoms with Crippen molar-refractivity contribution in [3.8, 4) is 0 Å². The molecule has 3 rings (SSSR count). The largest absolute Gasteiger partial charge is 0.310 e. The molecule has 1 N–H and O–H groups in total. The first-order valence-electron chi connectivity index (χ1n) is 8.52. The number of nitrogens with one attached hydrogen (secondary N) is 1. The van der Waals surface area contributed by atoms with Crippen LogP contribution in [0.4, 0.5) is 0 Å². The molecule has 0 radical (unpaired) electrons. The molecule has 4 nitrogen and oxygen atoms in total. The summed E-state index contributed by atoms with van der Waals surface area (Å²) in [6.45, 7) is 10.3. The first-order valence-corrected chi connectivity index (χ1v) is 8.52. The van der Waals surface area contributed by atoms with Crippen molar-refractivity contribution < 1.29 is 0 Å². The fraction of sp³-hybridized carbons (Fsp3) is 0.824. The molecule has 1 aromatic rings. The van der Waals surface area contributed by atoms with Crippen LogP contribution in [0.3, 0.4) is 0 Å². The van der Waals surface area contributed by atoms with E-state index in [0.717, 1.165) is 32.0 Å². The van der Waals surface area contributed by atoms with Crippen molar-refractivity contribution in [1.29, 1.82) is 0 Å². The summed E-state index contributed by atoms with van der Waals surface area (Å²) in [6, 6.07) is 2.91. The van der Waals surface area contributed by atoms with E-state index in [1.807, 2.05) is 0 Å². The first-order chi connectivity index (χ1) is 10.0. The molecule has 118 valence electrons. The molecule has 4 heteroatoms. The average Bonchev–Trinajstić information content (AvgIpc) is 3.24. The van der Waals surface area contributed by atoms with Crippen molar-refractivity contribution in [2.45, 2.75) is 64.6 Å². The van der Waals surface area contributed by atoms with Gasteiger partial charge < -0.3 is 5.32 Å². The van der Waals surface area contributed by atoms with Crippen LogP contribution in [0.15, 0.2) is 6.07 Å². The monoisotopic (exact) mass is 290 g/mol. The number of hydrogen-bond acceptors (Lipinski definition) is 3. The maximum Gasteiger partial charge on any atom is 0.0625 e. The van der Waals surface area contributed by atoms with Gasteiger partial charge in [-0.25, -0.2) is 0 Å². The summed E-state index contributed by atoms with van der Waals surface area (Å²) in [4.78, 5) is 2.66. The third kappa shape index (κ3) is 3.16. The lowest BCUT2D eigenvalue weighted by atomic mass is 9.95. The maximum atomic E-state index is 4.60. The maximum absolute atomic E-state index is 4.60. The van der Waals surface area contributed by atoms with E-state index >= 15 is 0 Å². The molecule has 0 spiro atoms. The van der Waals surface area contributed by atoms with Crippen LogP contribution in [0.25, 0.3) is 0 Å². The summed E-state index contributed by atoms with van der Waals surface area (Å²) in [6.07, 6.45) is 5.06. The van der Waals surface area contributed by atoms with Crippen LogP contribution in [0.5, 0.6) is 0 Å². The second-order valence-electron chi connectivity index (χ2n) is 7.27. The molecule has 1 aliphatic heterocycles. The highest BCUT2D eigenvalue weighted by atomic mass is 15.3. The molecule has 2 atom stereocenters. The summed E-state index contributed by atoms with van der Waals surface area (Å²) < 4.78 is 2.07. The summed E-state index contributed by atoms with van der Waals surface area (Å²) in [5, 5.41) is 8.43. The van der Waals surface area contributed by atoms with Gasteiger partial charge in [0.25, 0.3) is 0 Å². The van der Waals surface area contributed by atoms with Crippen LogP contribution in [-0.4, -0.2) is 39.4 Å². The lowest BCUT2D eigenvalue weighted by molar-refractivity contribution is 0.151. The minimum atomic E-state index is 0.303. The Labute approximate surface area is 128 Å². The number of rotatable bonds is 4. The predicted octanol–water partition coefficient (Wildman–Crippen LogP) is 2.33. The third-order valence-electron chi connectivity index (χ3n) is 5.48. The quantitative estimate of drug-likeness (QED) is 0.924. The Balaban J connectivity index is 1.76. The van der Waals surface area contributed by atoms with Crippen molar-refractivity contribution in [3.05, 3.63) is 17.5 Å². The molecule has 2 aliphatic rings. The third-order valence-corrected chi connectivity index (χ3v) is 5.48. The van der Waals surface area contributed by atoms with Crippen molar-refractivity contribution in [2.75, 3.05) is 13.1 Å². The fourth-order valence-electron chi connectivity index (χ4n) is 3.69. The van der Waals surface area contributed by atoms with E-state index in [-0.39, 0.29) is 0 Å². The number of hydrogen-bond donors (Lipinski definition) is 1. The lowest BCUT2D eigenvalue weighted by Crippen LogP contribution is -2.51. The summed E-state index contributed by atoms with van der Waals surface area (Å²) >= 11 is 0. The van der Waals surface area contributed by atoms with Crippen LogP contribution < -0.4 is 5.32 Å². The molecule has 2 unspecified atom stereocenters. The molecular formula is C17H30N4. The van der Waals surface area contributed by atoms with E-state index in [1.165, 1.54) is 30.7 Å². The molecule has 1 saturated carbocycles. The van der Waals surface area contributed by atoms with E-state index in [9.17, 15) is 0 Å². The van der Waals surface area contributed by atoms with Crippen molar-refractivity contribution in [1.82, 2.24) is 20.0 Å². The van der Waals surface area contributed by atoms with Crippen LogP contribution in [0, 0.1) is 5.92 Å². The fourth-order valence-corrected chi connectivity index (χ4v) is 3.69. The van der Waals surface area contributed by atoms with E-state index < -0.39 is 0 Å². The van der Waals surface area contributed by atoms with E-state index in [0.29, 0.717) is 11.6 Å². The van der Waals surface area contributed by atoms with Crippen LogP contribution in [0.1, 0.15) is 51.4 Å². The number of aromatic nitrogens is 2. The van der Waals surface area contributed by atoms with E-state index in [4.69, 9.17) is 0 Å². The molecule has 0 bridgehead atoms. The lowest BCUT2D eigenvalue weighted by Gasteiger charge is -2.35. The molecule has 1 aromatic heterocycles. The van der Waals surface area contributed by atoms with Gasteiger partial charge in [-0.1, -0.05) is 6.92 Å². The van der Waals surface area contributed by atoms with Crippen molar-refractivity contribution in [2.24, 2.45) is 13.0 Å². The molecule has 0 amide bonds. The Morgan fingerprint density at radius 1 is 1.38 bits per heavy atom. The zero-order valence-electron chi connectivity index (χ0n) is 14.0. The summed E-state index contributed by atoms with van der Waals surface area (Å²) in [5.41, 5.74) is 2.86. The SMILES string of the molecule is CCc1cc(CN2CC(C)(C3CC3)NCCC2C)n(C)n1. The zero-order chi connectivity index (χ0) is 15.0. The van der Waals surface area contributed by atoms with Gasteiger partial charge >= 0.3 is 0 Å². The Bertz CT molecular complexity index is 491. The van der Waals surface area contributed by atoms with Gasteiger partial charge in [0.15, 0.2) is 0 Å². The molecule has 2 fully saturated rings. The minimum absolute atomic E-state index is 0.303. The Morgan fingerprint density at radius 3 is 2.76 bits per heavy atom. The highest BCUT2D eigenvalue weighted by Gasteiger charge is 2.43. The Morgan fingerprint density at radius 2 is 2.14 bits per heavy atom. The van der Waals surface area contributed by atoms with Gasteiger partial charge in [-0.2, -0.15) is 5.10 Å². The van der Waals surface area contributed by atoms with Gasteiger partial charge in [-0.15, -0.1) is 0 Å². The van der Waals surface area contributed by atoms with Gasteiger partial charge in [0, 0.05) is 31.7 Å². The van der Waals surface area contributed by atoms with E-state index in [1.54, 1.807) is 0 Å². The average molecular weight is 290 g/mol. The van der Waals surface area contributed by atoms with Crippen LogP contribution in [-0.2, 0) is 20.0 Å². The van der Waals surface area contributed by atoms with Gasteiger partial charge in [0.2, 0.25) is 0 Å². The van der Waals surface area contributed by atoms with Crippen molar-refractivity contribution in [3.63, 3.8) is 0 Å². The second kappa shape index (κ2) is 5.73. The first kappa shape index (κ1) is 15.0. The second-order valence-corrected chi connectivity index (χ2v) is 7.27. The highest BCUT2D eigenvalue weighted by molar-refractivity contribution is 5.11. The smallest absolute Gasteiger partial charge is 0.0625 e. The normalized spacial score (nSPS) is 31.3. The molecule has 1 saturated heterocycles. The van der Waals surface area contributed by atoms with Crippen LogP contribution >= 0.6 is 0 Å². The predicted molar refractivity (Wildman–Crippen MR) is 86.2 cm³/mol. The van der Waals surface area contributed by atoms with Crippen molar-refractivity contribution >= 4 is 0 Å². The Hall–Kier alpha value is -0.870. The molecular weight excluding hydrogens is 260 g/mol. The highest BCUT2D eigenvalue weighted by Crippen LogP contribution is 2.41. The van der Waals surface area contributed by atoms with Gasteiger partial charge in [-0.3, -0.25) is 9.58 Å². The molecule has 21 heavy (non-hydrogen) atoms. The summed E-state index contributed by atoms with van der Waals surface area (Å²) in [7, 11) is 2.08. The standard InChI is InChI=1S/C17H30N4/c1-5-15-10-16(20(4)19-15)11-21-12-17(3,14-6-7-14)18-9-8-13(21)2/h10,13-14,18H,5-9,11-12H2,1-4H3. The van der Waals surface area contributed by atoms with E-state index in [2.05, 4.69) is 53.9 Å². The van der Waals surface area contributed by atoms with Gasteiger partial charge in [0.05, 0.1) is 11.4 Å². The van der Waals surface area contributed by atoms with Crippen LogP contribution in [0.2, 0.25) is 0 Å². The Kier molecular flexibility index (Phi) is 4.10. The molecule has 1 aliphatic carbocycles. The minimum Gasteiger partial charge on any atom is -0.310 e. The topological polar surface area (TPSA) is 33.1 Å². The van der Waals surface area contributed by atoms with Gasteiger partial charge in [0.1, 0.15) is 0 Å².